The average molecular weight is 342 g/mol. The number of aryl methyl sites for hydroxylation is 1. The molecule has 2 rings (SSSR count). The third kappa shape index (κ3) is 4.71. The van der Waals surface area contributed by atoms with E-state index >= 15 is 0 Å². The van der Waals surface area contributed by atoms with Crippen LogP contribution in [0.5, 0.6) is 5.75 Å². The predicted octanol–water partition coefficient (Wildman–Crippen LogP) is 1.22. The average Bonchev–Trinajstić information content (AvgIpc) is 2.62. The molecule has 2 aromatic rings. The standard InChI is InChI=1S/C18H22N4O3/c1-12-4-3-5-15(17(12)19)18(24)22(20)11-16(23)21-10-13-6-8-14(25-2)9-7-13/h3-9H,10-11,19-20H2,1-2H3,(H,21,23). The second-order valence-corrected chi connectivity index (χ2v) is 5.59. The van der Waals surface area contributed by atoms with Gasteiger partial charge in [0.2, 0.25) is 5.91 Å². The van der Waals surface area contributed by atoms with Gasteiger partial charge in [-0.2, -0.15) is 0 Å². The van der Waals surface area contributed by atoms with Crippen molar-refractivity contribution in [2.24, 2.45) is 5.84 Å². The Balaban J connectivity index is 1.90. The first-order valence-electron chi connectivity index (χ1n) is 7.73. The number of hydrazine groups is 1. The molecule has 2 aromatic carbocycles. The number of nitrogens with zero attached hydrogens (tertiary/aromatic N) is 1. The lowest BCUT2D eigenvalue weighted by atomic mass is 10.1. The molecule has 0 aromatic heterocycles. The van der Waals surface area contributed by atoms with Gasteiger partial charge in [-0.3, -0.25) is 14.6 Å². The van der Waals surface area contributed by atoms with E-state index in [0.717, 1.165) is 21.9 Å². The van der Waals surface area contributed by atoms with Gasteiger partial charge in [0, 0.05) is 12.2 Å². The van der Waals surface area contributed by atoms with Crippen molar-refractivity contribution >= 4 is 17.5 Å². The number of methoxy groups -OCH3 is 1. The summed E-state index contributed by atoms with van der Waals surface area (Å²) in [4.78, 5) is 24.3. The molecule has 0 radical (unpaired) electrons. The van der Waals surface area contributed by atoms with Crippen molar-refractivity contribution in [2.75, 3.05) is 19.4 Å². The molecule has 0 aliphatic carbocycles. The molecule has 5 N–H and O–H groups in total. The van der Waals surface area contributed by atoms with Crippen LogP contribution in [0.15, 0.2) is 42.5 Å². The number of anilines is 1. The van der Waals surface area contributed by atoms with Gasteiger partial charge in [0.05, 0.1) is 12.7 Å². The second kappa shape index (κ2) is 8.16. The van der Waals surface area contributed by atoms with Gasteiger partial charge < -0.3 is 15.8 Å². The van der Waals surface area contributed by atoms with Gasteiger partial charge in [-0.1, -0.05) is 24.3 Å². The Labute approximate surface area is 146 Å². The summed E-state index contributed by atoms with van der Waals surface area (Å²) in [6, 6.07) is 12.4. The summed E-state index contributed by atoms with van der Waals surface area (Å²) in [7, 11) is 1.59. The van der Waals surface area contributed by atoms with E-state index in [1.165, 1.54) is 0 Å². The Morgan fingerprint density at radius 2 is 1.84 bits per heavy atom. The van der Waals surface area contributed by atoms with E-state index in [1.807, 2.05) is 12.1 Å². The molecule has 132 valence electrons. The van der Waals surface area contributed by atoms with E-state index in [4.69, 9.17) is 16.3 Å². The Hall–Kier alpha value is -3.06. The summed E-state index contributed by atoms with van der Waals surface area (Å²) >= 11 is 0. The van der Waals surface area contributed by atoms with Crippen LogP contribution >= 0.6 is 0 Å². The highest BCUT2D eigenvalue weighted by molar-refractivity contribution is 6.00. The summed E-state index contributed by atoms with van der Waals surface area (Å²) < 4.78 is 5.08. The quantitative estimate of drug-likeness (QED) is 0.316. The molecule has 0 fully saturated rings. The number of carbonyl (C=O) groups is 2. The van der Waals surface area contributed by atoms with Crippen molar-refractivity contribution in [3.05, 3.63) is 59.2 Å². The van der Waals surface area contributed by atoms with Crippen LogP contribution in [0.4, 0.5) is 5.69 Å². The van der Waals surface area contributed by atoms with E-state index in [0.29, 0.717) is 12.2 Å². The lowest BCUT2D eigenvalue weighted by Crippen LogP contribution is -2.45. The zero-order valence-corrected chi connectivity index (χ0v) is 14.3. The molecule has 7 heteroatoms. The Morgan fingerprint density at radius 3 is 2.48 bits per heavy atom. The summed E-state index contributed by atoms with van der Waals surface area (Å²) in [6.07, 6.45) is 0. The normalized spacial score (nSPS) is 10.2. The minimum Gasteiger partial charge on any atom is -0.497 e. The molecule has 0 saturated heterocycles. The Kier molecular flexibility index (Phi) is 5.97. The molecular formula is C18H22N4O3. The van der Waals surface area contributed by atoms with Gasteiger partial charge in [0.1, 0.15) is 12.3 Å². The number of nitrogen functional groups attached to an aromatic ring is 1. The van der Waals surface area contributed by atoms with Crippen LogP contribution in [-0.4, -0.2) is 30.5 Å². The minimum atomic E-state index is -0.499. The Morgan fingerprint density at radius 1 is 1.16 bits per heavy atom. The summed E-state index contributed by atoms with van der Waals surface area (Å²) in [5, 5.41) is 3.57. The molecule has 0 bridgehead atoms. The first-order chi connectivity index (χ1) is 11.9. The number of rotatable bonds is 6. The first-order valence-corrected chi connectivity index (χ1v) is 7.73. The monoisotopic (exact) mass is 342 g/mol. The number of amides is 2. The van der Waals surface area contributed by atoms with Crippen LogP contribution in [0.1, 0.15) is 21.5 Å². The van der Waals surface area contributed by atoms with Gasteiger partial charge in [-0.25, -0.2) is 5.84 Å². The van der Waals surface area contributed by atoms with Crippen LogP contribution in [0.3, 0.4) is 0 Å². The van der Waals surface area contributed by atoms with Gasteiger partial charge in [-0.15, -0.1) is 0 Å². The number of nitrogens with one attached hydrogen (secondary N) is 1. The maximum Gasteiger partial charge on any atom is 0.270 e. The van der Waals surface area contributed by atoms with Crippen molar-refractivity contribution in [1.29, 1.82) is 0 Å². The topological polar surface area (TPSA) is 111 Å². The van der Waals surface area contributed by atoms with E-state index in [9.17, 15) is 9.59 Å². The van der Waals surface area contributed by atoms with Crippen LogP contribution in [0, 0.1) is 6.92 Å². The molecule has 0 spiro atoms. The minimum absolute atomic E-state index is 0.262. The largest absolute Gasteiger partial charge is 0.497 e. The highest BCUT2D eigenvalue weighted by Gasteiger charge is 2.18. The van der Waals surface area contributed by atoms with Crippen LogP contribution in [-0.2, 0) is 11.3 Å². The van der Waals surface area contributed by atoms with Crippen molar-refractivity contribution in [2.45, 2.75) is 13.5 Å². The van der Waals surface area contributed by atoms with Crippen molar-refractivity contribution in [3.8, 4) is 5.75 Å². The number of hydrogen-bond donors (Lipinski definition) is 3. The fourth-order valence-electron chi connectivity index (χ4n) is 2.25. The lowest BCUT2D eigenvalue weighted by molar-refractivity contribution is -0.122. The molecule has 0 aliphatic heterocycles. The van der Waals surface area contributed by atoms with Crippen LogP contribution in [0.2, 0.25) is 0 Å². The van der Waals surface area contributed by atoms with E-state index in [-0.39, 0.29) is 18.0 Å². The smallest absolute Gasteiger partial charge is 0.270 e. The molecule has 0 atom stereocenters. The Bertz CT molecular complexity index is 759. The van der Waals surface area contributed by atoms with Gasteiger partial charge in [0.15, 0.2) is 0 Å². The molecule has 0 aliphatic rings. The van der Waals surface area contributed by atoms with Gasteiger partial charge in [-0.05, 0) is 36.2 Å². The van der Waals surface area contributed by atoms with E-state index in [1.54, 1.807) is 44.4 Å². The number of ether oxygens (including phenoxy) is 1. The highest BCUT2D eigenvalue weighted by atomic mass is 16.5. The zero-order chi connectivity index (χ0) is 18.4. The summed E-state index contributed by atoms with van der Waals surface area (Å²) in [5.74, 6) is 5.60. The highest BCUT2D eigenvalue weighted by Crippen LogP contribution is 2.17. The van der Waals surface area contributed by atoms with E-state index in [2.05, 4.69) is 5.32 Å². The molecule has 0 heterocycles. The predicted molar refractivity (Wildman–Crippen MR) is 95.7 cm³/mol. The van der Waals surface area contributed by atoms with Crippen molar-refractivity contribution < 1.29 is 14.3 Å². The first kappa shape index (κ1) is 18.3. The molecule has 0 unspecified atom stereocenters. The van der Waals surface area contributed by atoms with E-state index < -0.39 is 5.91 Å². The number of carbonyl (C=O) groups excluding carboxylic acids is 2. The molecular weight excluding hydrogens is 320 g/mol. The third-order valence-electron chi connectivity index (χ3n) is 3.78. The third-order valence-corrected chi connectivity index (χ3v) is 3.78. The van der Waals surface area contributed by atoms with Gasteiger partial charge in [0.25, 0.3) is 5.91 Å². The molecule has 0 saturated carbocycles. The fraction of sp³-hybridized carbons (Fsp3) is 0.222. The number of para-hydroxylation sites is 1. The number of benzene rings is 2. The summed E-state index contributed by atoms with van der Waals surface area (Å²) in [6.45, 7) is 1.87. The number of nitrogens with two attached hydrogens (primary N) is 2. The molecule has 25 heavy (non-hydrogen) atoms. The van der Waals surface area contributed by atoms with Crippen molar-refractivity contribution in [1.82, 2.24) is 10.3 Å². The number of hydrogen-bond acceptors (Lipinski definition) is 5. The van der Waals surface area contributed by atoms with Crippen LogP contribution < -0.4 is 21.6 Å². The molecule has 7 nitrogen and oxygen atoms in total. The maximum absolute atomic E-state index is 12.3. The van der Waals surface area contributed by atoms with Crippen molar-refractivity contribution in [3.63, 3.8) is 0 Å². The zero-order valence-electron chi connectivity index (χ0n) is 14.3. The fourth-order valence-corrected chi connectivity index (χ4v) is 2.25. The van der Waals surface area contributed by atoms with Gasteiger partial charge >= 0.3 is 0 Å². The SMILES string of the molecule is COc1ccc(CNC(=O)CN(N)C(=O)c2cccc(C)c2N)cc1. The lowest BCUT2D eigenvalue weighted by Gasteiger charge is -2.18. The maximum atomic E-state index is 12.3. The second-order valence-electron chi connectivity index (χ2n) is 5.59. The van der Waals surface area contributed by atoms with Crippen LogP contribution in [0.25, 0.3) is 0 Å². The summed E-state index contributed by atoms with van der Waals surface area (Å²) in [5.41, 5.74) is 8.23. The molecule has 2 amide bonds.